The van der Waals surface area contributed by atoms with Gasteiger partial charge in [0.25, 0.3) is 5.56 Å². The molecule has 11 heteroatoms. The first-order chi connectivity index (χ1) is 20.0. The first-order valence-corrected chi connectivity index (χ1v) is 13.5. The van der Waals surface area contributed by atoms with Crippen molar-refractivity contribution < 1.29 is 4.74 Å². The normalized spacial score (nSPS) is 13.3. The maximum Gasteiger partial charge on any atom is 0.267 e. The Morgan fingerprint density at radius 2 is 1.88 bits per heavy atom. The molecule has 1 aromatic carbocycles. The van der Waals surface area contributed by atoms with E-state index in [0.29, 0.717) is 40.0 Å². The van der Waals surface area contributed by atoms with E-state index in [1.165, 1.54) is 10.9 Å². The van der Waals surface area contributed by atoms with E-state index >= 15 is 0 Å². The number of imidazole rings is 1. The predicted octanol–water partition coefficient (Wildman–Crippen LogP) is 4.75. The second-order valence-electron chi connectivity index (χ2n) is 10.4. The molecule has 1 aliphatic rings. The van der Waals surface area contributed by atoms with Crippen LogP contribution in [0, 0.1) is 0 Å². The number of rotatable bonds is 7. The van der Waals surface area contributed by atoms with Crippen LogP contribution in [0.4, 0.5) is 0 Å². The number of ether oxygens (including phenoxy) is 1. The minimum absolute atomic E-state index is 0.160. The lowest BCUT2D eigenvalue weighted by Crippen LogP contribution is -2.20. The number of methoxy groups -OCH3 is 1. The van der Waals surface area contributed by atoms with E-state index in [9.17, 15) is 4.79 Å². The van der Waals surface area contributed by atoms with Gasteiger partial charge in [-0.05, 0) is 57.0 Å². The molecule has 0 N–H and O–H groups in total. The molecule has 0 unspecified atom stereocenters. The van der Waals surface area contributed by atoms with Crippen LogP contribution in [0.2, 0.25) is 0 Å². The third kappa shape index (κ3) is 4.45. The van der Waals surface area contributed by atoms with Crippen LogP contribution < -0.4 is 10.3 Å². The highest BCUT2D eigenvalue weighted by atomic mass is 16.5. The van der Waals surface area contributed by atoms with Crippen LogP contribution in [0.5, 0.6) is 5.88 Å². The predicted molar refractivity (Wildman–Crippen MR) is 153 cm³/mol. The van der Waals surface area contributed by atoms with Gasteiger partial charge in [-0.1, -0.05) is 6.07 Å². The monoisotopic (exact) mass is 545 g/mol. The summed E-state index contributed by atoms with van der Waals surface area (Å²) in [5.74, 6) is 2.11. The van der Waals surface area contributed by atoms with Gasteiger partial charge in [0.1, 0.15) is 24.2 Å². The second kappa shape index (κ2) is 9.77. The molecule has 5 aromatic heterocycles. The zero-order valence-corrected chi connectivity index (χ0v) is 22.8. The highest BCUT2D eigenvalue weighted by Gasteiger charge is 2.26. The number of aromatic nitrogens is 9. The first-order valence-electron chi connectivity index (χ1n) is 13.5. The summed E-state index contributed by atoms with van der Waals surface area (Å²) >= 11 is 0. The van der Waals surface area contributed by atoms with Crippen LogP contribution in [-0.2, 0) is 0 Å². The Bertz CT molecular complexity index is 1950. The van der Waals surface area contributed by atoms with Gasteiger partial charge < -0.3 is 13.9 Å². The molecule has 11 nitrogen and oxygen atoms in total. The fourth-order valence-corrected chi connectivity index (χ4v) is 4.97. The Morgan fingerprint density at radius 3 is 2.63 bits per heavy atom. The van der Waals surface area contributed by atoms with Gasteiger partial charge in [-0.15, -0.1) is 10.2 Å². The van der Waals surface area contributed by atoms with E-state index in [-0.39, 0.29) is 11.6 Å². The minimum atomic E-state index is -0.229. The summed E-state index contributed by atoms with van der Waals surface area (Å²) in [6.45, 7) is 4.10. The number of hydrogen-bond donors (Lipinski definition) is 0. The van der Waals surface area contributed by atoms with Crippen molar-refractivity contribution in [1.82, 2.24) is 43.8 Å². The van der Waals surface area contributed by atoms with Crippen molar-refractivity contribution in [3.05, 3.63) is 89.9 Å². The Labute approximate surface area is 235 Å². The van der Waals surface area contributed by atoms with Crippen LogP contribution in [0.15, 0.2) is 78.6 Å². The largest absolute Gasteiger partial charge is 0.481 e. The van der Waals surface area contributed by atoms with E-state index in [1.807, 2.05) is 51.7 Å². The number of benzene rings is 1. The number of pyridine rings is 2. The molecular weight excluding hydrogens is 518 g/mol. The average molecular weight is 546 g/mol. The summed E-state index contributed by atoms with van der Waals surface area (Å²) in [5, 5.41) is 8.77. The summed E-state index contributed by atoms with van der Waals surface area (Å²) in [6.07, 6.45) is 11.1. The highest BCUT2D eigenvalue weighted by Crippen LogP contribution is 2.40. The Balaban J connectivity index is 1.38. The smallest absolute Gasteiger partial charge is 0.267 e. The molecule has 6 aromatic rings. The summed E-state index contributed by atoms with van der Waals surface area (Å²) in [6, 6.07) is 13.2. The van der Waals surface area contributed by atoms with Gasteiger partial charge in [-0.25, -0.2) is 19.9 Å². The number of nitrogens with zero attached hydrogens (tertiary/aromatic N) is 9. The first kappa shape index (κ1) is 24.8. The molecule has 0 bridgehead atoms. The van der Waals surface area contributed by atoms with E-state index in [1.54, 1.807) is 32.0 Å². The van der Waals surface area contributed by atoms with Crippen molar-refractivity contribution in [3.63, 3.8) is 0 Å². The molecule has 0 atom stereocenters. The van der Waals surface area contributed by atoms with E-state index < -0.39 is 0 Å². The molecule has 1 fully saturated rings. The van der Waals surface area contributed by atoms with Crippen molar-refractivity contribution in [2.45, 2.75) is 38.6 Å². The van der Waals surface area contributed by atoms with Crippen LogP contribution in [0.1, 0.15) is 44.3 Å². The van der Waals surface area contributed by atoms with Crippen molar-refractivity contribution in [3.8, 4) is 40.0 Å². The van der Waals surface area contributed by atoms with Gasteiger partial charge in [0.2, 0.25) is 5.88 Å². The zero-order valence-electron chi connectivity index (χ0n) is 22.8. The highest BCUT2D eigenvalue weighted by molar-refractivity contribution is 5.89. The molecule has 0 radical (unpaired) electrons. The minimum Gasteiger partial charge on any atom is -0.481 e. The van der Waals surface area contributed by atoms with Crippen LogP contribution in [0.25, 0.3) is 45.1 Å². The van der Waals surface area contributed by atoms with E-state index in [4.69, 9.17) is 9.72 Å². The fraction of sp³-hybridized carbons (Fsp3) is 0.233. The number of hydrogen-bond acceptors (Lipinski definition) is 8. The van der Waals surface area contributed by atoms with Gasteiger partial charge in [-0.2, -0.15) is 0 Å². The van der Waals surface area contributed by atoms with Gasteiger partial charge >= 0.3 is 0 Å². The lowest BCUT2D eigenvalue weighted by Gasteiger charge is -2.14. The molecule has 0 amide bonds. The molecule has 0 spiro atoms. The van der Waals surface area contributed by atoms with E-state index in [0.717, 1.165) is 35.3 Å². The van der Waals surface area contributed by atoms with Crippen molar-refractivity contribution in [1.29, 1.82) is 0 Å². The zero-order chi connectivity index (χ0) is 28.1. The van der Waals surface area contributed by atoms with Crippen LogP contribution in [-0.4, -0.2) is 50.9 Å². The second-order valence-corrected chi connectivity index (χ2v) is 10.4. The van der Waals surface area contributed by atoms with Gasteiger partial charge in [0.15, 0.2) is 5.82 Å². The fourth-order valence-electron chi connectivity index (χ4n) is 4.97. The van der Waals surface area contributed by atoms with Gasteiger partial charge in [0.05, 0.1) is 35.7 Å². The molecule has 0 aliphatic heterocycles. The maximum atomic E-state index is 13.9. The maximum absolute atomic E-state index is 13.9. The molecule has 1 saturated carbocycles. The van der Waals surface area contributed by atoms with Crippen LogP contribution >= 0.6 is 0 Å². The standard InChI is InChI=1S/C30H27N9O2/c1-18(2)38-17-34-36-29(38)23-5-4-6-27(35-23)39-16-33-24-11-21(20-9-10-28(41-3)31-13-20)26(12-22(24)30(39)40)37-14-25(32-15-37)19-7-8-19/h4-6,9-19H,7-8H2,1-3H3. The molecular formula is C30H27N9O2. The lowest BCUT2D eigenvalue weighted by molar-refractivity contribution is 0.398. The molecule has 0 saturated heterocycles. The van der Waals surface area contributed by atoms with Crippen molar-refractivity contribution >= 4 is 10.9 Å². The third-order valence-electron chi connectivity index (χ3n) is 7.35. The molecule has 7 rings (SSSR count). The van der Waals surface area contributed by atoms with E-state index in [2.05, 4.69) is 39.0 Å². The SMILES string of the molecule is COc1ccc(-c2cc3ncn(-c4cccc(-c5nncn5C(C)C)n4)c(=O)c3cc2-n2cnc(C3CC3)c2)cn1. The lowest BCUT2D eigenvalue weighted by atomic mass is 10.0. The van der Waals surface area contributed by atoms with Crippen molar-refractivity contribution in [2.24, 2.45) is 0 Å². The molecule has 41 heavy (non-hydrogen) atoms. The molecule has 204 valence electrons. The summed E-state index contributed by atoms with van der Waals surface area (Å²) in [7, 11) is 1.59. The quantitative estimate of drug-likeness (QED) is 0.282. The number of fused-ring (bicyclic) bond motifs is 1. The summed E-state index contributed by atoms with van der Waals surface area (Å²) < 4.78 is 10.6. The Kier molecular flexibility index (Phi) is 5.92. The summed E-state index contributed by atoms with van der Waals surface area (Å²) in [4.78, 5) is 32.4. The Hall–Kier alpha value is -5.19. The molecule has 5 heterocycles. The van der Waals surface area contributed by atoms with Gasteiger partial charge in [-0.3, -0.25) is 9.36 Å². The average Bonchev–Trinajstić information content (AvgIpc) is 3.51. The van der Waals surface area contributed by atoms with Gasteiger partial charge in [0, 0.05) is 41.5 Å². The molecule has 1 aliphatic carbocycles. The van der Waals surface area contributed by atoms with Crippen LogP contribution in [0.3, 0.4) is 0 Å². The Morgan fingerprint density at radius 1 is 1.00 bits per heavy atom. The summed E-state index contributed by atoms with van der Waals surface area (Å²) in [5.41, 5.74) is 4.58. The topological polar surface area (TPSA) is 118 Å². The van der Waals surface area contributed by atoms with Crippen molar-refractivity contribution in [2.75, 3.05) is 7.11 Å². The third-order valence-corrected chi connectivity index (χ3v) is 7.35.